The molecule has 3 fully saturated rings. The van der Waals surface area contributed by atoms with Gasteiger partial charge in [0, 0.05) is 5.92 Å². The number of alkyl halides is 2. The van der Waals surface area contributed by atoms with E-state index in [0.717, 1.165) is 38.7 Å². The molecule has 2 nitrogen and oxygen atoms in total. The molecule has 0 aromatic carbocycles. The summed E-state index contributed by atoms with van der Waals surface area (Å²) >= 11 is 0. The van der Waals surface area contributed by atoms with Crippen LogP contribution in [0, 0.1) is 29.6 Å². The van der Waals surface area contributed by atoms with Gasteiger partial charge in [-0.15, -0.1) is 0 Å². The van der Waals surface area contributed by atoms with Gasteiger partial charge < -0.3 is 4.74 Å². The van der Waals surface area contributed by atoms with Crippen LogP contribution in [0.25, 0.3) is 0 Å². The molecule has 0 aromatic heterocycles. The molecular weight excluding hydrogens is 310 g/mol. The predicted octanol–water partition coefficient (Wildman–Crippen LogP) is 4.90. The molecule has 1 saturated heterocycles. The van der Waals surface area contributed by atoms with Crippen molar-refractivity contribution in [2.24, 2.45) is 29.6 Å². The number of rotatable bonds is 3. The van der Waals surface area contributed by atoms with Crippen molar-refractivity contribution in [3.8, 4) is 0 Å². The van der Waals surface area contributed by atoms with Gasteiger partial charge in [0.25, 0.3) is 0 Å². The lowest BCUT2D eigenvalue weighted by Gasteiger charge is -2.39. The summed E-state index contributed by atoms with van der Waals surface area (Å²) < 4.78 is 34.0. The Kier molecular flexibility index (Phi) is 5.94. The van der Waals surface area contributed by atoms with Gasteiger partial charge in [-0.3, -0.25) is 4.79 Å². The highest BCUT2D eigenvalue weighted by Crippen LogP contribution is 2.41. The van der Waals surface area contributed by atoms with Crippen LogP contribution < -0.4 is 0 Å². The SMILES string of the molecule is CC1CCC(C2CCC(C(=O)C3CCC(C)C(F)C3F)CC2)CO1. The first-order chi connectivity index (χ1) is 11.5. The Morgan fingerprint density at radius 3 is 2.12 bits per heavy atom. The Morgan fingerprint density at radius 2 is 1.50 bits per heavy atom. The van der Waals surface area contributed by atoms with Gasteiger partial charge >= 0.3 is 0 Å². The lowest BCUT2D eigenvalue weighted by molar-refractivity contribution is -0.134. The summed E-state index contributed by atoms with van der Waals surface area (Å²) in [6, 6.07) is 0. The molecule has 2 aliphatic carbocycles. The summed E-state index contributed by atoms with van der Waals surface area (Å²) in [5, 5.41) is 0. The largest absolute Gasteiger partial charge is 0.378 e. The van der Waals surface area contributed by atoms with Crippen molar-refractivity contribution in [1.82, 2.24) is 0 Å². The van der Waals surface area contributed by atoms with Gasteiger partial charge in [0.05, 0.1) is 18.6 Å². The molecule has 0 radical (unpaired) electrons. The first kappa shape index (κ1) is 18.3. The van der Waals surface area contributed by atoms with Crippen LogP contribution in [-0.2, 0) is 9.53 Å². The molecule has 4 heteroatoms. The third-order valence-corrected chi connectivity index (χ3v) is 6.91. The number of ether oxygens (including phenoxy) is 1. The van der Waals surface area contributed by atoms with Crippen LogP contribution in [-0.4, -0.2) is 30.8 Å². The first-order valence-corrected chi connectivity index (χ1v) is 9.90. The minimum absolute atomic E-state index is 0.00372. The maximum Gasteiger partial charge on any atom is 0.142 e. The molecule has 0 N–H and O–H groups in total. The standard InChI is InChI=1S/C20H32F2O2/c1-12-3-10-17(19(22)18(12)21)20(23)15-8-6-14(7-9-15)16-5-4-13(2)24-11-16/h12-19H,3-11H2,1-2H3. The van der Waals surface area contributed by atoms with Gasteiger partial charge in [0.1, 0.15) is 18.1 Å². The summed E-state index contributed by atoms with van der Waals surface area (Å²) in [5.74, 6) is 0.266. The van der Waals surface area contributed by atoms with E-state index in [9.17, 15) is 13.6 Å². The van der Waals surface area contributed by atoms with E-state index in [1.54, 1.807) is 6.92 Å². The zero-order valence-electron chi connectivity index (χ0n) is 15.1. The average Bonchev–Trinajstić information content (AvgIpc) is 2.60. The van der Waals surface area contributed by atoms with E-state index in [0.29, 0.717) is 30.8 Å². The van der Waals surface area contributed by atoms with Crippen LogP contribution in [0.3, 0.4) is 0 Å². The molecule has 3 aliphatic rings. The Balaban J connectivity index is 1.50. The summed E-state index contributed by atoms with van der Waals surface area (Å²) in [6.45, 7) is 4.72. The van der Waals surface area contributed by atoms with Crippen LogP contribution in [0.5, 0.6) is 0 Å². The van der Waals surface area contributed by atoms with Gasteiger partial charge in [-0.1, -0.05) is 6.92 Å². The maximum atomic E-state index is 14.3. The summed E-state index contributed by atoms with van der Waals surface area (Å²) in [6.07, 6.45) is 4.61. The molecule has 1 heterocycles. The van der Waals surface area contributed by atoms with E-state index < -0.39 is 18.3 Å². The summed E-state index contributed by atoms with van der Waals surface area (Å²) in [5.41, 5.74) is 0. The van der Waals surface area contributed by atoms with Crippen molar-refractivity contribution in [2.45, 2.75) is 83.7 Å². The average molecular weight is 342 g/mol. The zero-order chi connectivity index (χ0) is 17.3. The molecule has 24 heavy (non-hydrogen) atoms. The molecule has 138 valence electrons. The highest BCUT2D eigenvalue weighted by atomic mass is 19.2. The van der Waals surface area contributed by atoms with Gasteiger partial charge in [0.2, 0.25) is 0 Å². The minimum Gasteiger partial charge on any atom is -0.378 e. The number of ketones is 1. The highest BCUT2D eigenvalue weighted by molar-refractivity contribution is 5.84. The van der Waals surface area contributed by atoms with Crippen LogP contribution in [0.2, 0.25) is 0 Å². The fourth-order valence-electron chi connectivity index (χ4n) is 5.05. The molecule has 6 unspecified atom stereocenters. The molecule has 2 saturated carbocycles. The van der Waals surface area contributed by atoms with Crippen LogP contribution in [0.1, 0.15) is 65.2 Å². The molecular formula is C20H32F2O2. The number of halogens is 2. The lowest BCUT2D eigenvalue weighted by Crippen LogP contribution is -2.43. The van der Waals surface area contributed by atoms with Gasteiger partial charge in [-0.25, -0.2) is 8.78 Å². The molecule has 0 bridgehead atoms. The van der Waals surface area contributed by atoms with Crippen LogP contribution in [0.15, 0.2) is 0 Å². The fourth-order valence-corrected chi connectivity index (χ4v) is 5.05. The van der Waals surface area contributed by atoms with E-state index in [4.69, 9.17) is 4.74 Å². The third-order valence-electron chi connectivity index (χ3n) is 6.91. The third kappa shape index (κ3) is 3.84. The van der Waals surface area contributed by atoms with Crippen molar-refractivity contribution in [2.75, 3.05) is 6.61 Å². The molecule has 6 atom stereocenters. The molecule has 0 aromatic rings. The normalized spacial score (nSPS) is 47.3. The van der Waals surface area contributed by atoms with Gasteiger partial charge in [-0.2, -0.15) is 0 Å². The molecule has 3 rings (SSSR count). The van der Waals surface area contributed by atoms with Gasteiger partial charge in [-0.05, 0) is 76.0 Å². The lowest BCUT2D eigenvalue weighted by atomic mass is 9.69. The number of carbonyl (C=O) groups is 1. The Labute approximate surface area is 144 Å². The van der Waals surface area contributed by atoms with Crippen molar-refractivity contribution in [3.63, 3.8) is 0 Å². The van der Waals surface area contributed by atoms with E-state index in [-0.39, 0.29) is 17.6 Å². The van der Waals surface area contributed by atoms with E-state index in [2.05, 4.69) is 6.92 Å². The molecule has 0 spiro atoms. The second-order valence-electron chi connectivity index (χ2n) is 8.55. The van der Waals surface area contributed by atoms with E-state index in [1.165, 1.54) is 6.42 Å². The van der Waals surface area contributed by atoms with Crippen LogP contribution >= 0.6 is 0 Å². The smallest absolute Gasteiger partial charge is 0.142 e. The summed E-state index contributed by atoms with van der Waals surface area (Å²) in [4.78, 5) is 12.7. The number of hydrogen-bond acceptors (Lipinski definition) is 2. The minimum atomic E-state index is -1.59. The van der Waals surface area contributed by atoms with Crippen molar-refractivity contribution in [3.05, 3.63) is 0 Å². The second-order valence-corrected chi connectivity index (χ2v) is 8.55. The van der Waals surface area contributed by atoms with Crippen LogP contribution in [0.4, 0.5) is 8.78 Å². The number of carbonyl (C=O) groups excluding carboxylic acids is 1. The zero-order valence-corrected chi connectivity index (χ0v) is 15.1. The van der Waals surface area contributed by atoms with Crippen molar-refractivity contribution in [1.29, 1.82) is 0 Å². The highest BCUT2D eigenvalue weighted by Gasteiger charge is 2.44. The Morgan fingerprint density at radius 1 is 0.833 bits per heavy atom. The number of Topliss-reactive ketones (excluding diaryl/α,β-unsaturated/α-hetero) is 1. The first-order valence-electron chi connectivity index (χ1n) is 9.90. The molecule has 0 amide bonds. The quantitative estimate of drug-likeness (QED) is 0.729. The van der Waals surface area contributed by atoms with E-state index in [1.807, 2.05) is 0 Å². The predicted molar refractivity (Wildman–Crippen MR) is 90.3 cm³/mol. The van der Waals surface area contributed by atoms with Crippen molar-refractivity contribution >= 4 is 5.78 Å². The molecule has 1 aliphatic heterocycles. The number of hydrogen-bond donors (Lipinski definition) is 0. The Bertz CT molecular complexity index is 425. The van der Waals surface area contributed by atoms with Crippen molar-refractivity contribution < 1.29 is 18.3 Å². The van der Waals surface area contributed by atoms with Gasteiger partial charge in [0.15, 0.2) is 0 Å². The second kappa shape index (κ2) is 7.80. The topological polar surface area (TPSA) is 26.3 Å². The van der Waals surface area contributed by atoms with E-state index >= 15 is 0 Å². The fraction of sp³-hybridized carbons (Fsp3) is 0.950. The monoisotopic (exact) mass is 342 g/mol. The maximum absolute atomic E-state index is 14.3. The Hall–Kier alpha value is -0.510. The summed E-state index contributed by atoms with van der Waals surface area (Å²) in [7, 11) is 0.